The topological polar surface area (TPSA) is 59.3 Å². The molecule has 0 aliphatic carbocycles. The number of rotatable bonds is 6. The van der Waals surface area contributed by atoms with Crippen LogP contribution in [0.2, 0.25) is 0 Å². The van der Waals surface area contributed by atoms with E-state index in [1.165, 1.54) is 13.0 Å². The van der Waals surface area contributed by atoms with E-state index in [4.69, 9.17) is 5.26 Å². The Morgan fingerprint density at radius 3 is 2.48 bits per heavy atom. The molecule has 0 aliphatic heterocycles. The van der Waals surface area contributed by atoms with Crippen molar-refractivity contribution in [3.05, 3.63) is 28.8 Å². The van der Waals surface area contributed by atoms with Crippen molar-refractivity contribution >= 4 is 5.97 Å². The van der Waals surface area contributed by atoms with Crippen molar-refractivity contribution in [2.24, 2.45) is 0 Å². The zero-order chi connectivity index (χ0) is 16.0. The minimum absolute atomic E-state index is 0.0258. The van der Waals surface area contributed by atoms with Gasteiger partial charge in [-0.25, -0.2) is 8.78 Å². The fraction of sp³-hybridized carbons (Fsp3) is 0.385. The van der Waals surface area contributed by atoms with Gasteiger partial charge in [0.15, 0.2) is 0 Å². The summed E-state index contributed by atoms with van der Waals surface area (Å²) in [5.41, 5.74) is -1.49. The highest BCUT2D eigenvalue weighted by atomic mass is 19.3. The van der Waals surface area contributed by atoms with Crippen molar-refractivity contribution in [2.75, 3.05) is 6.61 Å². The van der Waals surface area contributed by atoms with Crippen molar-refractivity contribution in [1.29, 1.82) is 5.26 Å². The number of esters is 1. The summed E-state index contributed by atoms with van der Waals surface area (Å²) in [4.78, 5) is 11.4. The number of carbonyl (C=O) groups is 1. The molecule has 0 spiro atoms. The van der Waals surface area contributed by atoms with Crippen LogP contribution in [0.4, 0.5) is 17.6 Å². The second-order valence-corrected chi connectivity index (χ2v) is 3.78. The maximum Gasteiger partial charge on any atom is 0.387 e. The normalized spacial score (nSPS) is 10.6. The van der Waals surface area contributed by atoms with E-state index in [1.54, 1.807) is 0 Å². The van der Waals surface area contributed by atoms with E-state index in [0.29, 0.717) is 0 Å². The lowest BCUT2D eigenvalue weighted by atomic mass is 9.98. The SMILES string of the molecule is CCOC(=O)Cc1c(C(F)F)ccc(OC(F)F)c1C#N. The van der Waals surface area contributed by atoms with Crippen LogP contribution in [0.3, 0.4) is 0 Å². The van der Waals surface area contributed by atoms with Crippen molar-refractivity contribution in [3.8, 4) is 11.8 Å². The third-order valence-corrected chi connectivity index (χ3v) is 2.50. The molecule has 8 heteroatoms. The average Bonchev–Trinajstić information content (AvgIpc) is 2.38. The molecule has 0 N–H and O–H groups in total. The monoisotopic (exact) mass is 305 g/mol. The molecule has 4 nitrogen and oxygen atoms in total. The number of halogens is 4. The number of benzene rings is 1. The van der Waals surface area contributed by atoms with E-state index in [2.05, 4.69) is 9.47 Å². The molecule has 0 aromatic heterocycles. The Bertz CT molecular complexity index is 555. The summed E-state index contributed by atoms with van der Waals surface area (Å²) < 4.78 is 59.0. The zero-order valence-electron chi connectivity index (χ0n) is 10.9. The van der Waals surface area contributed by atoms with E-state index >= 15 is 0 Å². The van der Waals surface area contributed by atoms with Crippen LogP contribution in [-0.4, -0.2) is 19.2 Å². The standard InChI is InChI=1S/C13H11F4NO3/c1-2-20-11(19)5-8-7(12(14)15)3-4-10(9(8)6-18)21-13(16)17/h3-4,12-13H,2,5H2,1H3. The lowest BCUT2D eigenvalue weighted by Gasteiger charge is -2.14. The molecule has 21 heavy (non-hydrogen) atoms. The molecule has 0 saturated heterocycles. The number of hydrogen-bond donors (Lipinski definition) is 0. The second kappa shape index (κ2) is 7.47. The van der Waals surface area contributed by atoms with Gasteiger partial charge in [-0.15, -0.1) is 0 Å². The molecule has 0 amide bonds. The van der Waals surface area contributed by atoms with Gasteiger partial charge in [-0.05, 0) is 24.6 Å². The minimum Gasteiger partial charge on any atom is -0.466 e. The van der Waals surface area contributed by atoms with E-state index in [9.17, 15) is 22.4 Å². The molecule has 0 heterocycles. The summed E-state index contributed by atoms with van der Waals surface area (Å²) in [6, 6.07) is 3.21. The van der Waals surface area contributed by atoms with Crippen molar-refractivity contribution in [3.63, 3.8) is 0 Å². The lowest BCUT2D eigenvalue weighted by molar-refractivity contribution is -0.142. The molecule has 1 aromatic rings. The Morgan fingerprint density at radius 1 is 1.33 bits per heavy atom. The maximum atomic E-state index is 12.9. The molecule has 0 unspecified atom stereocenters. The molecule has 0 aliphatic rings. The quantitative estimate of drug-likeness (QED) is 0.598. The van der Waals surface area contributed by atoms with Crippen LogP contribution in [-0.2, 0) is 16.0 Å². The van der Waals surface area contributed by atoms with E-state index in [1.807, 2.05) is 0 Å². The molecule has 1 aromatic carbocycles. The molecule has 0 saturated carbocycles. The first kappa shape index (κ1) is 16.8. The fourth-order valence-corrected chi connectivity index (χ4v) is 1.71. The van der Waals surface area contributed by atoms with Gasteiger partial charge in [-0.1, -0.05) is 0 Å². The Kier molecular flexibility index (Phi) is 5.96. The third-order valence-electron chi connectivity index (χ3n) is 2.50. The number of alkyl halides is 4. The van der Waals surface area contributed by atoms with E-state index in [-0.39, 0.29) is 12.2 Å². The number of ether oxygens (including phenoxy) is 2. The van der Waals surface area contributed by atoms with Crippen molar-refractivity contribution < 1.29 is 31.8 Å². The largest absolute Gasteiger partial charge is 0.466 e. The fourth-order valence-electron chi connectivity index (χ4n) is 1.71. The summed E-state index contributed by atoms with van der Waals surface area (Å²) in [5, 5.41) is 8.99. The average molecular weight is 305 g/mol. The predicted octanol–water partition coefficient (Wildman–Crippen LogP) is 3.20. The highest BCUT2D eigenvalue weighted by Crippen LogP contribution is 2.32. The van der Waals surface area contributed by atoms with Crippen LogP contribution >= 0.6 is 0 Å². The van der Waals surface area contributed by atoms with Crippen LogP contribution in [0.25, 0.3) is 0 Å². The van der Waals surface area contributed by atoms with Gasteiger partial charge >= 0.3 is 12.6 Å². The second-order valence-electron chi connectivity index (χ2n) is 3.78. The van der Waals surface area contributed by atoms with Crippen LogP contribution in [0.15, 0.2) is 12.1 Å². The summed E-state index contributed by atoms with van der Waals surface area (Å²) in [7, 11) is 0. The summed E-state index contributed by atoms with van der Waals surface area (Å²) in [5.74, 6) is -1.40. The highest BCUT2D eigenvalue weighted by molar-refractivity contribution is 5.75. The molecule has 0 bridgehead atoms. The van der Waals surface area contributed by atoms with E-state index in [0.717, 1.165) is 12.1 Å². The molecular formula is C13H11F4NO3. The summed E-state index contributed by atoms with van der Waals surface area (Å²) >= 11 is 0. The van der Waals surface area contributed by atoms with Gasteiger partial charge in [0.25, 0.3) is 6.43 Å². The van der Waals surface area contributed by atoms with Gasteiger partial charge in [-0.3, -0.25) is 4.79 Å². The van der Waals surface area contributed by atoms with Gasteiger partial charge in [0.05, 0.1) is 18.6 Å². The van der Waals surface area contributed by atoms with Crippen molar-refractivity contribution in [1.82, 2.24) is 0 Å². The number of carbonyl (C=O) groups excluding carboxylic acids is 1. The highest BCUT2D eigenvalue weighted by Gasteiger charge is 2.23. The molecule has 0 atom stereocenters. The van der Waals surface area contributed by atoms with Gasteiger partial charge in [0, 0.05) is 5.56 Å². The molecule has 114 valence electrons. The number of nitriles is 1. The van der Waals surface area contributed by atoms with E-state index < -0.39 is 42.3 Å². The molecule has 0 radical (unpaired) electrons. The molecular weight excluding hydrogens is 294 g/mol. The van der Waals surface area contributed by atoms with Gasteiger partial charge < -0.3 is 9.47 Å². The maximum absolute atomic E-state index is 12.9. The smallest absolute Gasteiger partial charge is 0.387 e. The zero-order valence-corrected chi connectivity index (χ0v) is 10.9. The van der Waals surface area contributed by atoms with Crippen LogP contribution in [0, 0.1) is 11.3 Å². The van der Waals surface area contributed by atoms with Gasteiger partial charge in [-0.2, -0.15) is 14.0 Å². The number of nitrogens with zero attached hydrogens (tertiary/aromatic N) is 1. The minimum atomic E-state index is -3.22. The Labute approximate surface area is 117 Å². The van der Waals surface area contributed by atoms with Crippen LogP contribution in [0.1, 0.15) is 30.0 Å². The molecule has 1 rings (SSSR count). The molecule has 0 fully saturated rings. The first-order chi connectivity index (χ1) is 9.90. The van der Waals surface area contributed by atoms with Crippen LogP contribution in [0.5, 0.6) is 5.75 Å². The first-order valence-electron chi connectivity index (χ1n) is 5.85. The Hall–Kier alpha value is -2.30. The Balaban J connectivity index is 3.32. The summed E-state index contributed by atoms with van der Waals surface area (Å²) in [6.07, 6.45) is -3.60. The van der Waals surface area contributed by atoms with Gasteiger partial charge in [0.2, 0.25) is 0 Å². The predicted molar refractivity (Wildman–Crippen MR) is 63.1 cm³/mol. The first-order valence-corrected chi connectivity index (χ1v) is 5.85. The van der Waals surface area contributed by atoms with Crippen molar-refractivity contribution in [2.45, 2.75) is 26.4 Å². The lowest BCUT2D eigenvalue weighted by Crippen LogP contribution is -2.13. The number of hydrogen-bond acceptors (Lipinski definition) is 4. The van der Waals surface area contributed by atoms with Crippen LogP contribution < -0.4 is 4.74 Å². The third kappa shape index (κ3) is 4.34. The van der Waals surface area contributed by atoms with Gasteiger partial charge in [0.1, 0.15) is 11.8 Å². The summed E-state index contributed by atoms with van der Waals surface area (Å²) in [6.45, 7) is -1.67. The Morgan fingerprint density at radius 2 is 2.00 bits per heavy atom.